The van der Waals surface area contributed by atoms with E-state index in [1.54, 1.807) is 39.2 Å². The summed E-state index contributed by atoms with van der Waals surface area (Å²) >= 11 is 0. The molecule has 35 heavy (non-hydrogen) atoms. The highest BCUT2D eigenvalue weighted by atomic mass is 16.5. The fourth-order valence-electron chi connectivity index (χ4n) is 3.77. The van der Waals surface area contributed by atoms with Gasteiger partial charge in [-0.25, -0.2) is 9.50 Å². The molecule has 10 nitrogen and oxygen atoms in total. The lowest BCUT2D eigenvalue weighted by atomic mass is 10.1. The summed E-state index contributed by atoms with van der Waals surface area (Å²) < 4.78 is 29.6. The van der Waals surface area contributed by atoms with E-state index in [9.17, 15) is 5.26 Å². The van der Waals surface area contributed by atoms with Gasteiger partial charge in [-0.3, -0.25) is 5.10 Å². The Labute approximate surface area is 202 Å². The third-order valence-electron chi connectivity index (χ3n) is 5.30. The van der Waals surface area contributed by atoms with Gasteiger partial charge in [0.1, 0.15) is 17.3 Å². The lowest BCUT2D eigenvalue weighted by Crippen LogP contribution is -2.07. The molecule has 0 fully saturated rings. The molecule has 4 rings (SSSR count). The minimum absolute atomic E-state index is 0.0304. The number of nitriles is 1. The van der Waals surface area contributed by atoms with Crippen LogP contribution in [0, 0.1) is 11.3 Å². The van der Waals surface area contributed by atoms with Gasteiger partial charge in [-0.05, 0) is 38.1 Å². The number of methoxy groups -OCH3 is 4. The van der Waals surface area contributed by atoms with E-state index in [-0.39, 0.29) is 6.10 Å². The molecule has 0 aliphatic carbocycles. The monoisotopic (exact) mass is 477 g/mol. The smallest absolute Gasteiger partial charge is 0.203 e. The van der Waals surface area contributed by atoms with Crippen LogP contribution >= 0.6 is 0 Å². The number of ether oxygens (including phenoxy) is 5. The third kappa shape index (κ3) is 4.36. The molecule has 2 heterocycles. The Morgan fingerprint density at radius 2 is 1.63 bits per heavy atom. The van der Waals surface area contributed by atoms with Crippen LogP contribution in [0.15, 0.2) is 36.5 Å². The van der Waals surface area contributed by atoms with Gasteiger partial charge in [-0.15, -0.1) is 0 Å². The van der Waals surface area contributed by atoms with Gasteiger partial charge in [0.2, 0.25) is 5.75 Å². The van der Waals surface area contributed by atoms with Crippen molar-refractivity contribution in [3.8, 4) is 46.1 Å². The molecule has 2 N–H and O–H groups in total. The van der Waals surface area contributed by atoms with Crippen LogP contribution in [-0.4, -0.2) is 49.1 Å². The summed E-state index contributed by atoms with van der Waals surface area (Å²) in [6.07, 6.45) is 1.57. The Morgan fingerprint density at radius 3 is 2.20 bits per heavy atom. The number of fused-ring (bicyclic) bond motifs is 1. The number of hydrogen-bond acceptors (Lipinski definition) is 8. The van der Waals surface area contributed by atoms with Crippen molar-refractivity contribution in [1.29, 1.82) is 5.26 Å². The highest BCUT2D eigenvalue weighted by Crippen LogP contribution is 2.43. The summed E-state index contributed by atoms with van der Waals surface area (Å²) in [7, 11) is 6.26. The predicted molar refractivity (Wildman–Crippen MR) is 131 cm³/mol. The van der Waals surface area contributed by atoms with Gasteiger partial charge in [0, 0.05) is 23.5 Å². The summed E-state index contributed by atoms with van der Waals surface area (Å²) in [6.45, 7) is 3.90. The molecule has 0 radical (unpaired) electrons. The number of imidazole rings is 1. The standard InChI is InChI=1S/C25H27N5O5/c1-14(2)35-19-11-17(7-8-18(19)31-3)28-25-22(29-24-16(12-26)13-27-30(24)25)15-9-20(32-4)23(34-6)21(10-15)33-5/h7-11,13-14,27-28H,1-6H3. The van der Waals surface area contributed by atoms with Crippen molar-refractivity contribution in [2.75, 3.05) is 33.8 Å². The summed E-state index contributed by atoms with van der Waals surface area (Å²) in [5.74, 6) is 3.29. The van der Waals surface area contributed by atoms with E-state index in [0.717, 1.165) is 5.69 Å². The topological polar surface area (TPSA) is 115 Å². The molecule has 4 aromatic rings. The van der Waals surface area contributed by atoms with E-state index in [4.69, 9.17) is 28.7 Å². The second-order valence-corrected chi connectivity index (χ2v) is 7.84. The van der Waals surface area contributed by atoms with Gasteiger partial charge in [-0.2, -0.15) is 5.26 Å². The lowest BCUT2D eigenvalue weighted by Gasteiger charge is -2.16. The van der Waals surface area contributed by atoms with Crippen LogP contribution in [0.2, 0.25) is 0 Å². The van der Waals surface area contributed by atoms with Gasteiger partial charge in [0.25, 0.3) is 0 Å². The fourth-order valence-corrected chi connectivity index (χ4v) is 3.77. The highest BCUT2D eigenvalue weighted by molar-refractivity contribution is 5.83. The maximum Gasteiger partial charge on any atom is 0.203 e. The molecule has 0 spiro atoms. The van der Waals surface area contributed by atoms with Crippen molar-refractivity contribution in [2.45, 2.75) is 20.0 Å². The second-order valence-electron chi connectivity index (χ2n) is 7.84. The minimum atomic E-state index is -0.0304. The molecule has 0 aliphatic rings. The van der Waals surface area contributed by atoms with Crippen molar-refractivity contribution in [3.05, 3.63) is 42.1 Å². The van der Waals surface area contributed by atoms with Crippen LogP contribution in [0.25, 0.3) is 16.9 Å². The number of hydrogen-bond donors (Lipinski definition) is 2. The molecule has 2 aromatic heterocycles. The Hall–Kier alpha value is -4.52. The number of anilines is 2. The minimum Gasteiger partial charge on any atom is -0.493 e. The Bertz CT molecular complexity index is 1370. The molecule has 10 heteroatoms. The molecule has 0 unspecified atom stereocenters. The largest absolute Gasteiger partial charge is 0.493 e. The average molecular weight is 478 g/mol. The van der Waals surface area contributed by atoms with Gasteiger partial charge in [0.05, 0.1) is 34.5 Å². The number of aromatic nitrogens is 3. The van der Waals surface area contributed by atoms with Crippen LogP contribution in [0.4, 0.5) is 11.5 Å². The van der Waals surface area contributed by atoms with Crippen LogP contribution in [-0.2, 0) is 0 Å². The first kappa shape index (κ1) is 23.6. The van der Waals surface area contributed by atoms with Crippen LogP contribution in [0.5, 0.6) is 28.7 Å². The van der Waals surface area contributed by atoms with Crippen molar-refractivity contribution < 1.29 is 23.7 Å². The molecule has 0 saturated heterocycles. The normalized spacial score (nSPS) is 10.8. The second kappa shape index (κ2) is 9.77. The van der Waals surface area contributed by atoms with Crippen LogP contribution in [0.3, 0.4) is 0 Å². The fraction of sp³-hybridized carbons (Fsp3) is 0.280. The zero-order valence-corrected chi connectivity index (χ0v) is 20.4. The van der Waals surface area contributed by atoms with Crippen molar-refractivity contribution >= 4 is 17.2 Å². The van der Waals surface area contributed by atoms with E-state index in [1.807, 2.05) is 44.2 Å². The lowest BCUT2D eigenvalue weighted by molar-refractivity contribution is 0.230. The van der Waals surface area contributed by atoms with E-state index in [1.165, 1.54) is 0 Å². The summed E-state index contributed by atoms with van der Waals surface area (Å²) in [6, 6.07) is 11.3. The molecule has 0 saturated carbocycles. The number of nitrogens with one attached hydrogen (secondary N) is 2. The molecule has 0 aliphatic heterocycles. The highest BCUT2D eigenvalue weighted by Gasteiger charge is 2.22. The number of aromatic amines is 1. The van der Waals surface area contributed by atoms with Gasteiger partial charge in [-0.1, -0.05) is 0 Å². The van der Waals surface area contributed by atoms with E-state index >= 15 is 0 Å². The predicted octanol–water partition coefficient (Wildman–Crippen LogP) is 4.77. The van der Waals surface area contributed by atoms with Crippen molar-refractivity contribution in [1.82, 2.24) is 14.6 Å². The Balaban J connectivity index is 1.89. The third-order valence-corrected chi connectivity index (χ3v) is 5.30. The van der Waals surface area contributed by atoms with E-state index in [2.05, 4.69) is 16.5 Å². The van der Waals surface area contributed by atoms with E-state index in [0.29, 0.717) is 57.0 Å². The van der Waals surface area contributed by atoms with Gasteiger partial charge < -0.3 is 29.0 Å². The molecular formula is C25H27N5O5. The zero-order valence-electron chi connectivity index (χ0n) is 20.4. The first-order chi connectivity index (χ1) is 16.9. The van der Waals surface area contributed by atoms with Gasteiger partial charge >= 0.3 is 0 Å². The molecule has 182 valence electrons. The van der Waals surface area contributed by atoms with E-state index < -0.39 is 0 Å². The molecule has 0 atom stereocenters. The number of H-pyrrole nitrogens is 1. The summed E-state index contributed by atoms with van der Waals surface area (Å²) in [5, 5.41) is 16.1. The Morgan fingerprint density at radius 1 is 0.943 bits per heavy atom. The Kier molecular flexibility index (Phi) is 6.59. The maximum atomic E-state index is 9.56. The average Bonchev–Trinajstić information content (AvgIpc) is 3.42. The van der Waals surface area contributed by atoms with Crippen molar-refractivity contribution in [3.63, 3.8) is 0 Å². The number of benzene rings is 2. The SMILES string of the molecule is COc1ccc(Nc2c(-c3cc(OC)c(OC)c(OC)c3)nc3c(C#N)c[nH]n23)cc1OC(C)C. The first-order valence-corrected chi connectivity index (χ1v) is 10.9. The quantitative estimate of drug-likeness (QED) is 0.354. The molecular weight excluding hydrogens is 450 g/mol. The van der Waals surface area contributed by atoms with Gasteiger partial charge in [0.15, 0.2) is 34.5 Å². The zero-order chi connectivity index (χ0) is 25.1. The van der Waals surface area contributed by atoms with Crippen LogP contribution < -0.4 is 29.0 Å². The first-order valence-electron chi connectivity index (χ1n) is 10.9. The van der Waals surface area contributed by atoms with Crippen LogP contribution in [0.1, 0.15) is 19.4 Å². The molecule has 0 amide bonds. The van der Waals surface area contributed by atoms with Crippen molar-refractivity contribution in [2.24, 2.45) is 0 Å². The number of nitrogens with zero attached hydrogens (tertiary/aromatic N) is 3. The summed E-state index contributed by atoms with van der Waals surface area (Å²) in [5.41, 5.74) is 2.91. The number of rotatable bonds is 9. The molecule has 2 aromatic carbocycles. The maximum absolute atomic E-state index is 9.56. The summed E-state index contributed by atoms with van der Waals surface area (Å²) in [4.78, 5) is 4.76. The molecule has 0 bridgehead atoms.